The van der Waals surface area contributed by atoms with Crippen LogP contribution in [-0.2, 0) is 0 Å². The van der Waals surface area contributed by atoms with Crippen molar-refractivity contribution in [3.05, 3.63) is 52.2 Å². The molecule has 1 aliphatic rings. The number of pyridine rings is 1. The van der Waals surface area contributed by atoms with E-state index in [1.807, 2.05) is 0 Å². The minimum absolute atomic E-state index is 0.00920. The van der Waals surface area contributed by atoms with E-state index in [4.69, 9.17) is 0 Å². The topological polar surface area (TPSA) is 114 Å². The number of nitrogens with one attached hydrogen (secondary N) is 1. The van der Waals surface area contributed by atoms with Gasteiger partial charge in [0.15, 0.2) is 0 Å². The molecule has 2 aromatic heterocycles. The molecule has 0 bridgehead atoms. The Balaban J connectivity index is 1.57. The van der Waals surface area contributed by atoms with E-state index in [0.717, 1.165) is 12.8 Å². The van der Waals surface area contributed by atoms with Crippen LogP contribution in [0, 0.1) is 17.0 Å². The Hall–Kier alpha value is -3.10. The summed E-state index contributed by atoms with van der Waals surface area (Å²) in [5.74, 6) is 0.498. The lowest BCUT2D eigenvalue weighted by Crippen LogP contribution is -2.42. The minimum atomic E-state index is -0.442. The molecule has 0 radical (unpaired) electrons. The van der Waals surface area contributed by atoms with Crippen molar-refractivity contribution in [3.63, 3.8) is 0 Å². The molecular formula is C16H18N6O3. The van der Waals surface area contributed by atoms with Gasteiger partial charge in [0.1, 0.15) is 17.7 Å². The Kier molecular flexibility index (Phi) is 4.82. The zero-order valence-electron chi connectivity index (χ0n) is 13.8. The van der Waals surface area contributed by atoms with Gasteiger partial charge in [0, 0.05) is 37.1 Å². The summed E-state index contributed by atoms with van der Waals surface area (Å²) >= 11 is 0. The first kappa shape index (κ1) is 16.7. The molecule has 25 heavy (non-hydrogen) atoms. The van der Waals surface area contributed by atoms with Crippen molar-refractivity contribution in [2.75, 3.05) is 18.4 Å². The van der Waals surface area contributed by atoms with E-state index in [-0.39, 0.29) is 17.6 Å². The molecule has 9 heteroatoms. The largest absolute Gasteiger partial charge is 0.367 e. The summed E-state index contributed by atoms with van der Waals surface area (Å²) in [5, 5.41) is 14.1. The van der Waals surface area contributed by atoms with Crippen LogP contribution >= 0.6 is 0 Å². The Morgan fingerprint density at radius 1 is 1.28 bits per heavy atom. The van der Waals surface area contributed by atoms with Crippen molar-refractivity contribution < 1.29 is 9.72 Å². The summed E-state index contributed by atoms with van der Waals surface area (Å²) in [6.45, 7) is 2.91. The molecule has 0 aliphatic carbocycles. The first-order valence-electron chi connectivity index (χ1n) is 7.97. The average molecular weight is 342 g/mol. The van der Waals surface area contributed by atoms with Crippen LogP contribution in [-0.4, -0.2) is 49.8 Å². The SMILES string of the molecule is Cc1cc(NC2CCN(C(=O)c3cnccn3)CC2)ncc1[N+](=O)[O-]. The highest BCUT2D eigenvalue weighted by Crippen LogP contribution is 2.21. The normalized spacial score (nSPS) is 15.0. The van der Waals surface area contributed by atoms with Gasteiger partial charge in [0.05, 0.1) is 11.1 Å². The molecule has 3 heterocycles. The van der Waals surface area contributed by atoms with Crippen LogP contribution in [0.5, 0.6) is 0 Å². The molecule has 2 aromatic rings. The van der Waals surface area contributed by atoms with Crippen LogP contribution < -0.4 is 5.32 Å². The van der Waals surface area contributed by atoms with Crippen LogP contribution in [0.25, 0.3) is 0 Å². The predicted molar refractivity (Wildman–Crippen MR) is 90.2 cm³/mol. The maximum atomic E-state index is 12.3. The maximum Gasteiger partial charge on any atom is 0.290 e. The van der Waals surface area contributed by atoms with Crippen molar-refractivity contribution in [1.29, 1.82) is 0 Å². The van der Waals surface area contributed by atoms with Crippen LogP contribution in [0.15, 0.2) is 30.9 Å². The van der Waals surface area contributed by atoms with E-state index >= 15 is 0 Å². The number of aromatic nitrogens is 3. The van der Waals surface area contributed by atoms with Gasteiger partial charge in [0.2, 0.25) is 0 Å². The Morgan fingerprint density at radius 2 is 2.04 bits per heavy atom. The number of carbonyl (C=O) groups is 1. The second-order valence-corrected chi connectivity index (χ2v) is 5.91. The predicted octanol–water partition coefficient (Wildman–Crippen LogP) is 1.80. The van der Waals surface area contributed by atoms with Crippen LogP contribution in [0.4, 0.5) is 11.5 Å². The zero-order chi connectivity index (χ0) is 17.8. The number of rotatable bonds is 4. The number of likely N-dealkylation sites (tertiary alicyclic amines) is 1. The Bertz CT molecular complexity index is 775. The minimum Gasteiger partial charge on any atom is -0.367 e. The van der Waals surface area contributed by atoms with Gasteiger partial charge in [0.25, 0.3) is 11.6 Å². The highest BCUT2D eigenvalue weighted by atomic mass is 16.6. The fraction of sp³-hybridized carbons (Fsp3) is 0.375. The summed E-state index contributed by atoms with van der Waals surface area (Å²) in [4.78, 5) is 36.6. The zero-order valence-corrected chi connectivity index (χ0v) is 13.8. The second-order valence-electron chi connectivity index (χ2n) is 5.91. The van der Waals surface area contributed by atoms with Crippen molar-refractivity contribution in [1.82, 2.24) is 19.9 Å². The van der Waals surface area contributed by atoms with E-state index < -0.39 is 4.92 Å². The van der Waals surface area contributed by atoms with Crippen molar-refractivity contribution >= 4 is 17.4 Å². The van der Waals surface area contributed by atoms with Gasteiger partial charge >= 0.3 is 0 Å². The standard InChI is InChI=1S/C16H18N6O3/c1-11-8-15(19-10-14(11)22(24)25)20-12-2-6-21(7-3-12)16(23)13-9-17-4-5-18-13/h4-5,8-10,12H,2-3,6-7H2,1H3,(H,19,20). The fourth-order valence-corrected chi connectivity index (χ4v) is 2.83. The van der Waals surface area contributed by atoms with E-state index in [0.29, 0.717) is 30.2 Å². The van der Waals surface area contributed by atoms with E-state index in [2.05, 4.69) is 20.3 Å². The first-order valence-corrected chi connectivity index (χ1v) is 7.97. The van der Waals surface area contributed by atoms with Gasteiger partial charge in [-0.3, -0.25) is 19.9 Å². The molecule has 130 valence electrons. The smallest absolute Gasteiger partial charge is 0.290 e. The molecule has 3 rings (SSSR count). The van der Waals surface area contributed by atoms with E-state index in [1.54, 1.807) is 17.9 Å². The van der Waals surface area contributed by atoms with Gasteiger partial charge < -0.3 is 10.2 Å². The number of hydrogen-bond donors (Lipinski definition) is 1. The number of amides is 1. The molecule has 0 unspecified atom stereocenters. The number of nitro groups is 1. The van der Waals surface area contributed by atoms with Gasteiger partial charge in [-0.1, -0.05) is 0 Å². The van der Waals surface area contributed by atoms with Crippen molar-refractivity contribution in [2.45, 2.75) is 25.8 Å². The molecule has 1 amide bonds. The lowest BCUT2D eigenvalue weighted by molar-refractivity contribution is -0.385. The number of carbonyl (C=O) groups excluding carboxylic acids is 1. The van der Waals surface area contributed by atoms with Crippen LogP contribution in [0.2, 0.25) is 0 Å². The third-order valence-corrected chi connectivity index (χ3v) is 4.20. The maximum absolute atomic E-state index is 12.3. The number of nitrogens with zero attached hydrogens (tertiary/aromatic N) is 5. The first-order chi connectivity index (χ1) is 12.0. The Morgan fingerprint density at radius 3 is 2.64 bits per heavy atom. The van der Waals surface area contributed by atoms with Gasteiger partial charge in [-0.15, -0.1) is 0 Å². The molecule has 1 saturated heterocycles. The highest BCUT2D eigenvalue weighted by Gasteiger charge is 2.24. The third-order valence-electron chi connectivity index (χ3n) is 4.20. The quantitative estimate of drug-likeness (QED) is 0.665. The summed E-state index contributed by atoms with van der Waals surface area (Å²) in [7, 11) is 0. The molecule has 0 aromatic carbocycles. The molecule has 0 saturated carbocycles. The van der Waals surface area contributed by atoms with Gasteiger partial charge in [-0.05, 0) is 25.8 Å². The summed E-state index contributed by atoms with van der Waals surface area (Å²) in [6, 6.07) is 1.84. The second kappa shape index (κ2) is 7.20. The molecular weight excluding hydrogens is 324 g/mol. The average Bonchev–Trinajstić information content (AvgIpc) is 2.62. The highest BCUT2D eigenvalue weighted by molar-refractivity contribution is 5.92. The Labute approximate surface area is 144 Å². The molecule has 9 nitrogen and oxygen atoms in total. The summed E-state index contributed by atoms with van der Waals surface area (Å²) in [6.07, 6.45) is 7.31. The molecule has 1 fully saturated rings. The number of hydrogen-bond acceptors (Lipinski definition) is 7. The lowest BCUT2D eigenvalue weighted by atomic mass is 10.0. The fourth-order valence-electron chi connectivity index (χ4n) is 2.83. The van der Waals surface area contributed by atoms with Crippen molar-refractivity contribution in [3.8, 4) is 0 Å². The van der Waals surface area contributed by atoms with E-state index in [1.165, 1.54) is 24.8 Å². The van der Waals surface area contributed by atoms with Crippen LogP contribution in [0.3, 0.4) is 0 Å². The van der Waals surface area contributed by atoms with Gasteiger partial charge in [-0.2, -0.15) is 0 Å². The third kappa shape index (κ3) is 3.87. The number of anilines is 1. The number of aryl methyl sites for hydroxylation is 1. The number of piperidine rings is 1. The molecule has 1 aliphatic heterocycles. The molecule has 0 spiro atoms. The van der Waals surface area contributed by atoms with E-state index in [9.17, 15) is 14.9 Å². The monoisotopic (exact) mass is 342 g/mol. The van der Waals surface area contributed by atoms with Crippen molar-refractivity contribution in [2.24, 2.45) is 0 Å². The summed E-state index contributed by atoms with van der Waals surface area (Å²) in [5.41, 5.74) is 0.925. The molecule has 0 atom stereocenters. The lowest BCUT2D eigenvalue weighted by Gasteiger charge is -2.32. The summed E-state index contributed by atoms with van der Waals surface area (Å²) < 4.78 is 0. The molecule has 1 N–H and O–H groups in total. The van der Waals surface area contributed by atoms with Crippen LogP contribution in [0.1, 0.15) is 28.9 Å². The van der Waals surface area contributed by atoms with Gasteiger partial charge in [-0.25, -0.2) is 9.97 Å².